The lowest BCUT2D eigenvalue weighted by atomic mass is 10.1. The zero-order valence-electron chi connectivity index (χ0n) is 16.7. The van der Waals surface area contributed by atoms with Gasteiger partial charge in [-0.05, 0) is 36.2 Å². The normalized spacial score (nSPS) is 13.3. The zero-order valence-corrected chi connectivity index (χ0v) is 17.5. The molecule has 0 aliphatic carbocycles. The van der Waals surface area contributed by atoms with Gasteiger partial charge >= 0.3 is 0 Å². The summed E-state index contributed by atoms with van der Waals surface area (Å²) in [5, 5.41) is 3.44. The van der Waals surface area contributed by atoms with Crippen LogP contribution in [0.2, 0.25) is 0 Å². The fourth-order valence-electron chi connectivity index (χ4n) is 3.52. The van der Waals surface area contributed by atoms with E-state index in [1.165, 1.54) is 22.2 Å². The number of rotatable bonds is 5. The van der Waals surface area contributed by atoms with Gasteiger partial charge in [0.15, 0.2) is 11.5 Å². The number of hydrogen-bond acceptors (Lipinski definition) is 6. The first-order valence-corrected chi connectivity index (χ1v) is 10.6. The highest BCUT2D eigenvalue weighted by Crippen LogP contribution is 2.34. The quantitative estimate of drug-likeness (QED) is 0.519. The van der Waals surface area contributed by atoms with E-state index in [1.54, 1.807) is 0 Å². The van der Waals surface area contributed by atoms with E-state index in [4.69, 9.17) is 9.47 Å². The average Bonchev–Trinajstić information content (AvgIpc) is 3.43. The van der Waals surface area contributed by atoms with Crippen molar-refractivity contribution < 1.29 is 14.3 Å². The van der Waals surface area contributed by atoms with Crippen molar-refractivity contribution in [2.75, 3.05) is 6.79 Å². The summed E-state index contributed by atoms with van der Waals surface area (Å²) in [5.41, 5.74) is 1.70. The maximum atomic E-state index is 12.9. The predicted molar refractivity (Wildman–Crippen MR) is 118 cm³/mol. The van der Waals surface area contributed by atoms with Gasteiger partial charge in [0.05, 0.1) is 17.8 Å². The molecular weight excluding hydrogens is 414 g/mol. The van der Waals surface area contributed by atoms with Crippen molar-refractivity contribution in [2.45, 2.75) is 19.5 Å². The van der Waals surface area contributed by atoms with Gasteiger partial charge in [-0.3, -0.25) is 14.2 Å². The number of amides is 1. The maximum Gasteiger partial charge on any atom is 0.262 e. The molecular formula is C23H19N3O4S. The summed E-state index contributed by atoms with van der Waals surface area (Å²) in [5.74, 6) is 1.09. The first-order valence-electron chi connectivity index (χ1n) is 9.82. The Labute approximate surface area is 181 Å². The molecule has 0 fully saturated rings. The van der Waals surface area contributed by atoms with Crippen LogP contribution in [0, 0.1) is 0 Å². The van der Waals surface area contributed by atoms with Crippen molar-refractivity contribution in [3.8, 4) is 21.9 Å². The topological polar surface area (TPSA) is 82.5 Å². The minimum absolute atomic E-state index is 0.104. The second kappa shape index (κ2) is 7.88. The smallest absolute Gasteiger partial charge is 0.262 e. The minimum Gasteiger partial charge on any atom is -0.454 e. The summed E-state index contributed by atoms with van der Waals surface area (Å²) in [6.45, 7) is 1.98. The van der Waals surface area contributed by atoms with Crippen LogP contribution in [-0.2, 0) is 11.3 Å². The number of carbonyl (C=O) groups is 1. The highest BCUT2D eigenvalue weighted by atomic mass is 32.1. The Morgan fingerprint density at radius 2 is 1.97 bits per heavy atom. The summed E-state index contributed by atoms with van der Waals surface area (Å²) < 4.78 is 12.0. The first-order chi connectivity index (χ1) is 15.1. The molecule has 0 unspecified atom stereocenters. The van der Waals surface area contributed by atoms with Crippen molar-refractivity contribution in [3.63, 3.8) is 0 Å². The molecule has 0 spiro atoms. The number of thiophene rings is 1. The Hall–Kier alpha value is -3.65. The van der Waals surface area contributed by atoms with Crippen molar-refractivity contribution in [2.24, 2.45) is 0 Å². The molecule has 5 rings (SSSR count). The van der Waals surface area contributed by atoms with Crippen molar-refractivity contribution in [3.05, 3.63) is 76.8 Å². The van der Waals surface area contributed by atoms with Gasteiger partial charge in [-0.1, -0.05) is 36.4 Å². The monoisotopic (exact) mass is 433 g/mol. The van der Waals surface area contributed by atoms with Gasteiger partial charge in [0.1, 0.15) is 11.4 Å². The Balaban J connectivity index is 1.33. The molecule has 0 bridgehead atoms. The van der Waals surface area contributed by atoms with Crippen molar-refractivity contribution in [1.29, 1.82) is 0 Å². The van der Waals surface area contributed by atoms with Gasteiger partial charge < -0.3 is 14.8 Å². The highest BCUT2D eigenvalue weighted by molar-refractivity contribution is 7.21. The third kappa shape index (κ3) is 3.77. The number of carbonyl (C=O) groups excluding carboxylic acids is 1. The summed E-state index contributed by atoms with van der Waals surface area (Å²) in [7, 11) is 0. The molecule has 1 amide bonds. The van der Waals surface area contributed by atoms with Crippen LogP contribution < -0.4 is 20.3 Å². The molecule has 3 heterocycles. The van der Waals surface area contributed by atoms with Gasteiger partial charge in [0.25, 0.3) is 5.56 Å². The number of aromatic nitrogens is 2. The Kier molecular flexibility index (Phi) is 4.91. The SMILES string of the molecule is C[C@@H](NC(=O)Cn1cnc2sc(-c3ccccc3)cc2c1=O)c1ccc2c(c1)OCO2. The number of benzene rings is 2. The van der Waals surface area contributed by atoms with E-state index in [0.29, 0.717) is 21.7 Å². The van der Waals surface area contributed by atoms with Crippen LogP contribution in [0.25, 0.3) is 20.7 Å². The molecule has 0 saturated carbocycles. The second-order valence-corrected chi connectivity index (χ2v) is 8.31. The second-order valence-electron chi connectivity index (χ2n) is 7.28. The van der Waals surface area contributed by atoms with E-state index in [9.17, 15) is 9.59 Å². The minimum atomic E-state index is -0.271. The van der Waals surface area contributed by atoms with E-state index in [0.717, 1.165) is 16.0 Å². The molecule has 1 aliphatic heterocycles. The van der Waals surface area contributed by atoms with Gasteiger partial charge in [-0.25, -0.2) is 4.98 Å². The zero-order chi connectivity index (χ0) is 21.4. The van der Waals surface area contributed by atoms with Gasteiger partial charge in [0, 0.05) is 4.88 Å². The molecule has 4 aromatic rings. The standard InChI is InChI=1S/C23H19N3O4S/c1-14(16-7-8-18-19(9-16)30-13-29-18)25-21(27)11-26-12-24-22-17(23(26)28)10-20(31-22)15-5-3-2-4-6-15/h2-10,12,14H,11,13H2,1H3,(H,25,27)/t14-/m1/s1. The number of ether oxygens (including phenoxy) is 2. The molecule has 156 valence electrons. The van der Waals surface area contributed by atoms with Gasteiger partial charge in [0.2, 0.25) is 12.7 Å². The largest absolute Gasteiger partial charge is 0.454 e. The van der Waals surface area contributed by atoms with Crippen molar-refractivity contribution >= 4 is 27.5 Å². The Morgan fingerprint density at radius 1 is 1.16 bits per heavy atom. The van der Waals surface area contributed by atoms with Crippen LogP contribution in [0.4, 0.5) is 0 Å². The lowest BCUT2D eigenvalue weighted by Crippen LogP contribution is -2.33. The molecule has 1 N–H and O–H groups in total. The summed E-state index contributed by atoms with van der Waals surface area (Å²) in [4.78, 5) is 31.5. The lowest BCUT2D eigenvalue weighted by Gasteiger charge is -2.15. The average molecular weight is 433 g/mol. The summed E-state index contributed by atoms with van der Waals surface area (Å²) in [6.07, 6.45) is 1.43. The number of fused-ring (bicyclic) bond motifs is 2. The highest BCUT2D eigenvalue weighted by Gasteiger charge is 2.18. The van der Waals surface area contributed by atoms with Crippen LogP contribution in [0.5, 0.6) is 11.5 Å². The maximum absolute atomic E-state index is 12.9. The number of nitrogens with zero attached hydrogens (tertiary/aromatic N) is 2. The molecule has 1 aliphatic rings. The molecule has 31 heavy (non-hydrogen) atoms. The van der Waals surface area contributed by atoms with E-state index >= 15 is 0 Å². The lowest BCUT2D eigenvalue weighted by molar-refractivity contribution is -0.122. The molecule has 1 atom stereocenters. The van der Waals surface area contributed by atoms with Crippen LogP contribution in [0.15, 0.2) is 65.7 Å². The third-order valence-electron chi connectivity index (χ3n) is 5.16. The molecule has 8 heteroatoms. The van der Waals surface area contributed by atoms with E-state index in [-0.39, 0.29) is 30.8 Å². The van der Waals surface area contributed by atoms with E-state index < -0.39 is 0 Å². The van der Waals surface area contributed by atoms with Crippen LogP contribution in [0.1, 0.15) is 18.5 Å². The van der Waals surface area contributed by atoms with Crippen molar-refractivity contribution in [1.82, 2.24) is 14.9 Å². The van der Waals surface area contributed by atoms with Gasteiger partial charge in [-0.15, -0.1) is 11.3 Å². The molecule has 2 aromatic carbocycles. The summed E-state index contributed by atoms with van der Waals surface area (Å²) >= 11 is 1.46. The molecule has 0 radical (unpaired) electrons. The van der Waals surface area contributed by atoms with Crippen LogP contribution in [-0.4, -0.2) is 22.3 Å². The van der Waals surface area contributed by atoms with E-state index in [2.05, 4.69) is 10.3 Å². The molecule has 0 saturated heterocycles. The molecule has 7 nitrogen and oxygen atoms in total. The predicted octanol–water partition coefficient (Wildman–Crippen LogP) is 3.73. The number of hydrogen-bond donors (Lipinski definition) is 1. The fourth-order valence-corrected chi connectivity index (χ4v) is 4.52. The fraction of sp³-hybridized carbons (Fsp3) is 0.174. The Bertz CT molecular complexity index is 1330. The van der Waals surface area contributed by atoms with Crippen LogP contribution >= 0.6 is 11.3 Å². The van der Waals surface area contributed by atoms with Crippen LogP contribution in [0.3, 0.4) is 0 Å². The van der Waals surface area contributed by atoms with E-state index in [1.807, 2.05) is 61.5 Å². The summed E-state index contributed by atoms with van der Waals surface area (Å²) in [6, 6.07) is 17.0. The Morgan fingerprint density at radius 3 is 2.81 bits per heavy atom. The first kappa shape index (κ1) is 19.3. The molecule has 2 aromatic heterocycles. The number of nitrogens with one attached hydrogen (secondary N) is 1. The third-order valence-corrected chi connectivity index (χ3v) is 6.26. The van der Waals surface area contributed by atoms with Gasteiger partial charge in [-0.2, -0.15) is 0 Å².